The minimum absolute atomic E-state index is 0.0745. The van der Waals surface area contributed by atoms with E-state index in [1.807, 2.05) is 13.8 Å². The highest BCUT2D eigenvalue weighted by molar-refractivity contribution is 5.76. The standard InChI is InChI=1S/C26H52N2O5.C2H6/c1-9-11-13-23(31)27(15-21(3)29)17-25(5,6)19-33-20-26(7,8)18-28(16-22(4)30)24(32)14-12-10-2;1-2/h21-22,29-30H,9-20H2,1-8H3;1-2H3. The molecule has 0 radical (unpaired) electrons. The maximum atomic E-state index is 12.6. The molecule has 2 unspecified atom stereocenters. The summed E-state index contributed by atoms with van der Waals surface area (Å²) >= 11 is 0. The van der Waals surface area contributed by atoms with Crippen LogP contribution in [-0.4, -0.2) is 83.4 Å². The fraction of sp³-hybridized carbons (Fsp3) is 0.929. The van der Waals surface area contributed by atoms with Crippen molar-refractivity contribution in [1.82, 2.24) is 9.80 Å². The molecule has 0 aromatic rings. The molecule has 2 N–H and O–H groups in total. The summed E-state index contributed by atoms with van der Waals surface area (Å²) in [5.41, 5.74) is -0.549. The molecule has 0 rings (SSSR count). The molecule has 7 heteroatoms. The van der Waals surface area contributed by atoms with E-state index >= 15 is 0 Å². The van der Waals surface area contributed by atoms with Crippen molar-refractivity contribution < 1.29 is 24.5 Å². The first kappa shape index (κ1) is 36.0. The van der Waals surface area contributed by atoms with E-state index in [1.165, 1.54) is 0 Å². The molecule has 0 saturated carbocycles. The number of amides is 2. The van der Waals surface area contributed by atoms with Crippen molar-refractivity contribution in [2.75, 3.05) is 39.4 Å². The molecule has 210 valence electrons. The number of carbonyl (C=O) groups excluding carboxylic acids is 2. The van der Waals surface area contributed by atoms with E-state index in [0.29, 0.717) is 52.2 Å². The number of aliphatic hydroxyl groups is 2. The third-order valence-corrected chi connectivity index (χ3v) is 5.39. The van der Waals surface area contributed by atoms with E-state index < -0.39 is 12.2 Å². The molecule has 0 heterocycles. The van der Waals surface area contributed by atoms with Crippen molar-refractivity contribution in [2.24, 2.45) is 10.8 Å². The summed E-state index contributed by atoms with van der Waals surface area (Å²) in [6, 6.07) is 0. The van der Waals surface area contributed by atoms with Gasteiger partial charge in [0, 0.05) is 49.9 Å². The molecule has 35 heavy (non-hydrogen) atoms. The second kappa shape index (κ2) is 19.0. The van der Waals surface area contributed by atoms with Crippen LogP contribution in [0.5, 0.6) is 0 Å². The first-order valence-corrected chi connectivity index (χ1v) is 13.7. The minimum Gasteiger partial charge on any atom is -0.392 e. The largest absolute Gasteiger partial charge is 0.392 e. The van der Waals surface area contributed by atoms with Crippen LogP contribution in [-0.2, 0) is 14.3 Å². The average molecular weight is 503 g/mol. The van der Waals surface area contributed by atoms with Crippen LogP contribution in [0.1, 0.15) is 108 Å². The third kappa shape index (κ3) is 18.7. The highest BCUT2D eigenvalue weighted by atomic mass is 16.5. The summed E-state index contributed by atoms with van der Waals surface area (Å²) in [7, 11) is 0. The van der Waals surface area contributed by atoms with Gasteiger partial charge < -0.3 is 24.7 Å². The number of carbonyl (C=O) groups is 2. The van der Waals surface area contributed by atoms with Gasteiger partial charge in [0.25, 0.3) is 0 Å². The van der Waals surface area contributed by atoms with Gasteiger partial charge in [0.05, 0.1) is 25.4 Å². The molecule has 2 atom stereocenters. The Bertz CT molecular complexity index is 514. The zero-order valence-electron chi connectivity index (χ0n) is 24.7. The lowest BCUT2D eigenvalue weighted by Gasteiger charge is -2.36. The molecule has 0 saturated heterocycles. The van der Waals surface area contributed by atoms with Gasteiger partial charge in [-0.15, -0.1) is 0 Å². The normalized spacial score (nSPS) is 13.5. The average Bonchev–Trinajstić information content (AvgIpc) is 2.74. The van der Waals surface area contributed by atoms with E-state index in [9.17, 15) is 19.8 Å². The third-order valence-electron chi connectivity index (χ3n) is 5.39. The van der Waals surface area contributed by atoms with Gasteiger partial charge in [0.1, 0.15) is 0 Å². The van der Waals surface area contributed by atoms with E-state index in [-0.39, 0.29) is 22.6 Å². The maximum Gasteiger partial charge on any atom is 0.222 e. The van der Waals surface area contributed by atoms with E-state index in [1.54, 1.807) is 23.6 Å². The first-order valence-electron chi connectivity index (χ1n) is 13.7. The lowest BCUT2D eigenvalue weighted by molar-refractivity contribution is -0.135. The monoisotopic (exact) mass is 502 g/mol. The molecule has 0 fully saturated rings. The number of unbranched alkanes of at least 4 members (excludes halogenated alkanes) is 2. The Morgan fingerprint density at radius 3 is 1.31 bits per heavy atom. The number of nitrogens with zero attached hydrogens (tertiary/aromatic N) is 2. The van der Waals surface area contributed by atoms with Gasteiger partial charge in [-0.1, -0.05) is 68.2 Å². The molecule has 2 amide bonds. The Morgan fingerprint density at radius 1 is 0.743 bits per heavy atom. The quantitative estimate of drug-likeness (QED) is 0.279. The van der Waals surface area contributed by atoms with Crippen LogP contribution in [0.2, 0.25) is 0 Å². The highest BCUT2D eigenvalue weighted by Gasteiger charge is 2.29. The van der Waals surface area contributed by atoms with Gasteiger partial charge in [-0.25, -0.2) is 0 Å². The summed E-state index contributed by atoms with van der Waals surface area (Å²) in [6.07, 6.45) is 3.47. The summed E-state index contributed by atoms with van der Waals surface area (Å²) in [6.45, 7) is 22.4. The van der Waals surface area contributed by atoms with Gasteiger partial charge in [0.15, 0.2) is 0 Å². The van der Waals surface area contributed by atoms with Crippen LogP contribution in [0.15, 0.2) is 0 Å². The predicted molar refractivity (Wildman–Crippen MR) is 145 cm³/mol. The van der Waals surface area contributed by atoms with Crippen LogP contribution in [0.4, 0.5) is 0 Å². The summed E-state index contributed by atoms with van der Waals surface area (Å²) < 4.78 is 6.10. The van der Waals surface area contributed by atoms with Crippen molar-refractivity contribution in [3.05, 3.63) is 0 Å². The summed E-state index contributed by atoms with van der Waals surface area (Å²) in [4.78, 5) is 28.7. The van der Waals surface area contributed by atoms with Crippen LogP contribution < -0.4 is 0 Å². The second-order valence-corrected chi connectivity index (χ2v) is 11.3. The zero-order chi connectivity index (χ0) is 27.7. The number of hydrogen-bond donors (Lipinski definition) is 2. The number of aliphatic hydroxyl groups excluding tert-OH is 2. The van der Waals surface area contributed by atoms with Crippen LogP contribution >= 0.6 is 0 Å². The molecule has 0 aromatic carbocycles. The van der Waals surface area contributed by atoms with Crippen molar-refractivity contribution in [1.29, 1.82) is 0 Å². The molecular formula is C28H58N2O5. The van der Waals surface area contributed by atoms with Crippen LogP contribution in [0.3, 0.4) is 0 Å². The topological polar surface area (TPSA) is 90.3 Å². The molecule has 0 spiro atoms. The lowest BCUT2D eigenvalue weighted by Crippen LogP contribution is -2.45. The van der Waals surface area contributed by atoms with Gasteiger partial charge >= 0.3 is 0 Å². The fourth-order valence-corrected chi connectivity index (χ4v) is 3.85. The maximum absolute atomic E-state index is 12.6. The smallest absolute Gasteiger partial charge is 0.222 e. The fourth-order valence-electron chi connectivity index (χ4n) is 3.85. The lowest BCUT2D eigenvalue weighted by atomic mass is 9.91. The van der Waals surface area contributed by atoms with Gasteiger partial charge in [-0.2, -0.15) is 0 Å². The van der Waals surface area contributed by atoms with Gasteiger partial charge in [-0.05, 0) is 26.7 Å². The van der Waals surface area contributed by atoms with Crippen LogP contribution in [0.25, 0.3) is 0 Å². The van der Waals surface area contributed by atoms with Gasteiger partial charge in [-0.3, -0.25) is 9.59 Å². The van der Waals surface area contributed by atoms with Crippen LogP contribution in [0, 0.1) is 10.8 Å². The second-order valence-electron chi connectivity index (χ2n) is 11.3. The molecule has 0 aliphatic heterocycles. The molecule has 0 bridgehead atoms. The first-order chi connectivity index (χ1) is 16.2. The van der Waals surface area contributed by atoms with Crippen molar-refractivity contribution in [2.45, 2.75) is 120 Å². The summed E-state index contributed by atoms with van der Waals surface area (Å²) in [5, 5.41) is 19.7. The molecule has 0 aliphatic carbocycles. The molecule has 0 aromatic heterocycles. The predicted octanol–water partition coefficient (Wildman–Crippen LogP) is 4.88. The number of hydrogen-bond acceptors (Lipinski definition) is 5. The minimum atomic E-state index is -0.573. The Kier molecular flexibility index (Phi) is 19.5. The van der Waals surface area contributed by atoms with E-state index in [0.717, 1.165) is 25.7 Å². The van der Waals surface area contributed by atoms with E-state index in [2.05, 4.69) is 41.5 Å². The Labute approximate surface area is 216 Å². The number of rotatable bonds is 18. The van der Waals surface area contributed by atoms with Gasteiger partial charge in [0.2, 0.25) is 11.8 Å². The number of ether oxygens (including phenoxy) is 1. The molecule has 0 aliphatic rings. The van der Waals surface area contributed by atoms with Crippen molar-refractivity contribution in [3.8, 4) is 0 Å². The molecule has 7 nitrogen and oxygen atoms in total. The Hall–Kier alpha value is -1.18. The Morgan fingerprint density at radius 2 is 1.06 bits per heavy atom. The highest BCUT2D eigenvalue weighted by Crippen LogP contribution is 2.23. The van der Waals surface area contributed by atoms with E-state index in [4.69, 9.17) is 4.74 Å². The Balaban J connectivity index is 0. The summed E-state index contributed by atoms with van der Waals surface area (Å²) in [5.74, 6) is 0.149. The SMILES string of the molecule is CC.CCCCC(=O)N(CC(C)O)CC(C)(C)COCC(C)(C)CN(CC(C)O)C(=O)CCCC. The van der Waals surface area contributed by atoms with Crippen molar-refractivity contribution >= 4 is 11.8 Å². The zero-order valence-corrected chi connectivity index (χ0v) is 24.7. The van der Waals surface area contributed by atoms with Crippen molar-refractivity contribution in [3.63, 3.8) is 0 Å². The molecular weight excluding hydrogens is 444 g/mol.